The van der Waals surface area contributed by atoms with E-state index in [-0.39, 0.29) is 22.9 Å². The molecule has 1 N–H and O–H groups in total. The van der Waals surface area contributed by atoms with Crippen molar-refractivity contribution >= 4 is 29.2 Å². The highest BCUT2D eigenvalue weighted by Crippen LogP contribution is 2.23. The number of hydrogen-bond donors (Lipinski definition) is 1. The molecule has 1 fully saturated rings. The topological polar surface area (TPSA) is 52.7 Å². The molecule has 1 aliphatic heterocycles. The molecular weight excluding hydrogens is 333 g/mol. The van der Waals surface area contributed by atoms with E-state index in [0.29, 0.717) is 44.7 Å². The predicted molar refractivity (Wildman–Crippen MR) is 92.7 cm³/mol. The van der Waals surface area contributed by atoms with Crippen LogP contribution in [0.15, 0.2) is 18.2 Å². The van der Waals surface area contributed by atoms with Crippen molar-refractivity contribution in [2.45, 2.75) is 26.7 Å². The maximum absolute atomic E-state index is 13.1. The molecule has 0 saturated carbocycles. The number of rotatable bonds is 4. The first-order chi connectivity index (χ1) is 11.5. The number of nitrogens with zero attached hydrogens (tertiary/aromatic N) is 2. The average Bonchev–Trinajstić information content (AvgIpc) is 2.59. The van der Waals surface area contributed by atoms with Gasteiger partial charge in [-0.1, -0.05) is 11.6 Å². The van der Waals surface area contributed by atoms with E-state index in [9.17, 15) is 14.0 Å². The van der Waals surface area contributed by atoms with Crippen molar-refractivity contribution in [1.29, 1.82) is 0 Å². The summed E-state index contributed by atoms with van der Waals surface area (Å²) in [7, 11) is 0. The standard InChI is InChI=1S/C17H23ClFN3O2/c1-3-21(4-2)17(24)22-9-7-12(8-10-22)16(23)20-13-5-6-15(19)14(18)11-13/h5-6,11-12H,3-4,7-10H2,1-2H3,(H,20,23). The van der Waals surface area contributed by atoms with Crippen LogP contribution in [0.25, 0.3) is 0 Å². The molecule has 0 atom stereocenters. The van der Waals surface area contributed by atoms with E-state index in [2.05, 4.69) is 5.32 Å². The van der Waals surface area contributed by atoms with Crippen molar-refractivity contribution in [2.24, 2.45) is 5.92 Å². The van der Waals surface area contributed by atoms with E-state index in [0.717, 1.165) is 0 Å². The first kappa shape index (κ1) is 18.5. The average molecular weight is 356 g/mol. The van der Waals surface area contributed by atoms with Crippen LogP contribution in [0.5, 0.6) is 0 Å². The molecule has 1 aromatic carbocycles. The Morgan fingerprint density at radius 2 is 1.92 bits per heavy atom. The smallest absolute Gasteiger partial charge is 0.319 e. The second-order valence-corrected chi connectivity index (χ2v) is 6.24. The molecule has 5 nitrogen and oxygen atoms in total. The van der Waals surface area contributed by atoms with E-state index < -0.39 is 5.82 Å². The zero-order valence-electron chi connectivity index (χ0n) is 14.0. The Hall–Kier alpha value is -1.82. The molecule has 0 aromatic heterocycles. The third kappa shape index (κ3) is 4.38. The Kier molecular flexibility index (Phi) is 6.43. The van der Waals surface area contributed by atoms with Gasteiger partial charge < -0.3 is 15.1 Å². The van der Waals surface area contributed by atoms with Crippen molar-refractivity contribution in [2.75, 3.05) is 31.5 Å². The number of piperidine rings is 1. The molecule has 0 spiro atoms. The van der Waals surface area contributed by atoms with Crippen molar-refractivity contribution in [3.63, 3.8) is 0 Å². The lowest BCUT2D eigenvalue weighted by molar-refractivity contribution is -0.121. The second kappa shape index (κ2) is 8.33. The van der Waals surface area contributed by atoms with Crippen molar-refractivity contribution in [3.05, 3.63) is 29.0 Å². The minimum absolute atomic E-state index is 0.0209. The summed E-state index contributed by atoms with van der Waals surface area (Å²) in [5, 5.41) is 2.74. The summed E-state index contributed by atoms with van der Waals surface area (Å²) >= 11 is 5.72. The minimum Gasteiger partial charge on any atom is -0.326 e. The van der Waals surface area contributed by atoms with Crippen LogP contribution in [0, 0.1) is 11.7 Å². The van der Waals surface area contributed by atoms with Gasteiger partial charge in [0, 0.05) is 37.8 Å². The Morgan fingerprint density at radius 3 is 2.46 bits per heavy atom. The van der Waals surface area contributed by atoms with Crippen LogP contribution in [-0.2, 0) is 4.79 Å². The zero-order chi connectivity index (χ0) is 17.7. The van der Waals surface area contributed by atoms with Gasteiger partial charge in [0.1, 0.15) is 5.82 Å². The van der Waals surface area contributed by atoms with Crippen LogP contribution in [0.3, 0.4) is 0 Å². The Morgan fingerprint density at radius 1 is 1.29 bits per heavy atom. The van der Waals surface area contributed by atoms with E-state index in [1.54, 1.807) is 9.80 Å². The zero-order valence-corrected chi connectivity index (χ0v) is 14.8. The fraction of sp³-hybridized carbons (Fsp3) is 0.529. The number of carbonyl (C=O) groups excluding carboxylic acids is 2. The summed E-state index contributed by atoms with van der Waals surface area (Å²) in [6.45, 7) is 6.40. The molecule has 0 bridgehead atoms. The summed E-state index contributed by atoms with van der Waals surface area (Å²) in [5.41, 5.74) is 0.480. The second-order valence-electron chi connectivity index (χ2n) is 5.83. The number of likely N-dealkylation sites (tertiary alicyclic amines) is 1. The molecule has 0 radical (unpaired) electrons. The van der Waals surface area contributed by atoms with E-state index in [1.807, 2.05) is 13.8 Å². The first-order valence-electron chi connectivity index (χ1n) is 8.26. The summed E-state index contributed by atoms with van der Waals surface area (Å²) in [4.78, 5) is 28.2. The monoisotopic (exact) mass is 355 g/mol. The number of nitrogens with one attached hydrogen (secondary N) is 1. The van der Waals surface area contributed by atoms with Gasteiger partial charge in [-0.25, -0.2) is 9.18 Å². The Balaban J connectivity index is 1.88. The number of anilines is 1. The molecular formula is C17H23ClFN3O2. The molecule has 24 heavy (non-hydrogen) atoms. The highest BCUT2D eigenvalue weighted by Gasteiger charge is 2.28. The Labute approximate surface area is 146 Å². The predicted octanol–water partition coefficient (Wildman–Crippen LogP) is 3.59. The molecule has 132 valence electrons. The summed E-state index contributed by atoms with van der Waals surface area (Å²) < 4.78 is 13.1. The van der Waals surface area contributed by atoms with Crippen LogP contribution in [0.4, 0.5) is 14.9 Å². The maximum Gasteiger partial charge on any atom is 0.319 e. The van der Waals surface area contributed by atoms with Crippen LogP contribution in [-0.4, -0.2) is 47.9 Å². The minimum atomic E-state index is -0.516. The number of amides is 3. The molecule has 1 aliphatic rings. The van der Waals surface area contributed by atoms with Crippen LogP contribution in [0.2, 0.25) is 5.02 Å². The summed E-state index contributed by atoms with van der Waals surface area (Å²) in [6.07, 6.45) is 1.24. The molecule has 1 saturated heterocycles. The van der Waals surface area contributed by atoms with Crippen molar-refractivity contribution in [3.8, 4) is 0 Å². The molecule has 0 aliphatic carbocycles. The van der Waals surface area contributed by atoms with Gasteiger partial charge in [0.2, 0.25) is 5.91 Å². The van der Waals surface area contributed by atoms with E-state index in [1.165, 1.54) is 18.2 Å². The van der Waals surface area contributed by atoms with Gasteiger partial charge in [0.15, 0.2) is 0 Å². The number of benzene rings is 1. The summed E-state index contributed by atoms with van der Waals surface area (Å²) in [5.74, 6) is -0.792. The number of halogens is 2. The van der Waals surface area contributed by atoms with Gasteiger partial charge in [-0.3, -0.25) is 4.79 Å². The number of carbonyl (C=O) groups is 2. The van der Waals surface area contributed by atoms with Gasteiger partial charge in [-0.2, -0.15) is 0 Å². The van der Waals surface area contributed by atoms with Crippen molar-refractivity contribution in [1.82, 2.24) is 9.80 Å². The third-order valence-electron chi connectivity index (χ3n) is 4.36. The first-order valence-corrected chi connectivity index (χ1v) is 8.63. The van der Waals surface area contributed by atoms with Gasteiger partial charge >= 0.3 is 6.03 Å². The van der Waals surface area contributed by atoms with Gasteiger partial charge in [-0.15, -0.1) is 0 Å². The molecule has 2 rings (SSSR count). The number of hydrogen-bond acceptors (Lipinski definition) is 2. The highest BCUT2D eigenvalue weighted by atomic mass is 35.5. The number of urea groups is 1. The molecule has 1 aromatic rings. The maximum atomic E-state index is 13.1. The molecule has 0 unspecified atom stereocenters. The lowest BCUT2D eigenvalue weighted by Crippen LogP contribution is -2.47. The van der Waals surface area contributed by atoms with Gasteiger partial charge in [0.25, 0.3) is 0 Å². The summed E-state index contributed by atoms with van der Waals surface area (Å²) in [6, 6.07) is 4.14. The van der Waals surface area contributed by atoms with Crippen LogP contribution >= 0.6 is 11.6 Å². The molecule has 7 heteroatoms. The van der Waals surface area contributed by atoms with Gasteiger partial charge in [0.05, 0.1) is 5.02 Å². The highest BCUT2D eigenvalue weighted by molar-refractivity contribution is 6.31. The fourth-order valence-electron chi connectivity index (χ4n) is 2.85. The van der Waals surface area contributed by atoms with Crippen molar-refractivity contribution < 1.29 is 14.0 Å². The fourth-order valence-corrected chi connectivity index (χ4v) is 3.03. The molecule has 1 heterocycles. The third-order valence-corrected chi connectivity index (χ3v) is 4.65. The normalized spacial score (nSPS) is 15.2. The lowest BCUT2D eigenvalue weighted by Gasteiger charge is -2.34. The molecule has 3 amide bonds. The largest absolute Gasteiger partial charge is 0.326 e. The quantitative estimate of drug-likeness (QED) is 0.897. The SMILES string of the molecule is CCN(CC)C(=O)N1CCC(C(=O)Nc2ccc(F)c(Cl)c2)CC1. The lowest BCUT2D eigenvalue weighted by atomic mass is 9.96. The van der Waals surface area contributed by atoms with Crippen LogP contribution < -0.4 is 5.32 Å². The van der Waals surface area contributed by atoms with Gasteiger partial charge in [-0.05, 0) is 44.9 Å². The van der Waals surface area contributed by atoms with Crippen LogP contribution in [0.1, 0.15) is 26.7 Å². The van der Waals surface area contributed by atoms with E-state index in [4.69, 9.17) is 11.6 Å². The van der Waals surface area contributed by atoms with E-state index >= 15 is 0 Å². The Bertz CT molecular complexity index is 599.